The number of carboxylic acid groups (broad SMARTS) is 1. The quantitative estimate of drug-likeness (QED) is 0.649. The van der Waals surface area contributed by atoms with Crippen LogP contribution in [0.25, 0.3) is 0 Å². The van der Waals surface area contributed by atoms with Crippen LogP contribution in [0.1, 0.15) is 32.6 Å². The minimum atomic E-state index is -1.37. The second-order valence-electron chi connectivity index (χ2n) is 5.71. The number of amides is 1. The Hall–Kier alpha value is -1.10. The third kappa shape index (κ3) is 3.19. The zero-order valence-corrected chi connectivity index (χ0v) is 9.98. The van der Waals surface area contributed by atoms with E-state index >= 15 is 0 Å². The summed E-state index contributed by atoms with van der Waals surface area (Å²) in [4.78, 5) is 22.3. The summed E-state index contributed by atoms with van der Waals surface area (Å²) in [5, 5.41) is 21.0. The molecule has 0 saturated heterocycles. The van der Waals surface area contributed by atoms with Crippen LogP contribution in [0.2, 0.25) is 0 Å². The van der Waals surface area contributed by atoms with Crippen LogP contribution in [0, 0.1) is 17.8 Å². The maximum absolute atomic E-state index is 11.8. The Bertz CT molecular complexity index is 329. The second kappa shape index (κ2) is 4.29. The smallest absolute Gasteiger partial charge is 0.306 e. The van der Waals surface area contributed by atoms with Crippen LogP contribution >= 0.6 is 0 Å². The van der Waals surface area contributed by atoms with Gasteiger partial charge in [0.25, 0.3) is 0 Å². The maximum Gasteiger partial charge on any atom is 0.306 e. The van der Waals surface area contributed by atoms with Crippen molar-refractivity contribution in [1.29, 1.82) is 0 Å². The number of carboxylic acids is 1. The van der Waals surface area contributed by atoms with Crippen molar-refractivity contribution in [3.05, 3.63) is 0 Å². The number of carbonyl (C=O) groups is 2. The Labute approximate surface area is 100 Å². The Morgan fingerprint density at radius 1 is 1.29 bits per heavy atom. The number of fused-ring (bicyclic) bond motifs is 1. The number of aliphatic carboxylic acids is 1. The van der Waals surface area contributed by atoms with Crippen LogP contribution < -0.4 is 5.32 Å². The first-order valence-corrected chi connectivity index (χ1v) is 6.09. The molecule has 2 aliphatic rings. The molecule has 1 amide bonds. The number of rotatable bonds is 5. The second-order valence-corrected chi connectivity index (χ2v) is 5.71. The normalized spacial score (nSPS) is 33.6. The van der Waals surface area contributed by atoms with Crippen molar-refractivity contribution in [3.8, 4) is 0 Å². The van der Waals surface area contributed by atoms with Gasteiger partial charge in [-0.2, -0.15) is 0 Å². The summed E-state index contributed by atoms with van der Waals surface area (Å²) in [6.45, 7) is 1.43. The molecule has 2 rings (SSSR count). The van der Waals surface area contributed by atoms with Gasteiger partial charge in [0.15, 0.2) is 0 Å². The lowest BCUT2D eigenvalue weighted by molar-refractivity contribution is -0.142. The van der Waals surface area contributed by atoms with E-state index in [2.05, 4.69) is 5.32 Å². The molecule has 3 atom stereocenters. The number of aliphatic hydroxyl groups is 1. The molecule has 2 saturated carbocycles. The van der Waals surface area contributed by atoms with Gasteiger partial charge in [-0.05, 0) is 38.0 Å². The molecular formula is C12H19NO4. The van der Waals surface area contributed by atoms with Gasteiger partial charge in [-0.1, -0.05) is 0 Å². The fourth-order valence-electron chi connectivity index (χ4n) is 2.74. The Morgan fingerprint density at radius 3 is 2.41 bits per heavy atom. The van der Waals surface area contributed by atoms with Gasteiger partial charge in [-0.3, -0.25) is 9.59 Å². The number of hydrogen-bond donors (Lipinski definition) is 3. The third-order valence-corrected chi connectivity index (χ3v) is 3.79. The zero-order chi connectivity index (χ0) is 12.6. The van der Waals surface area contributed by atoms with Gasteiger partial charge in [-0.25, -0.2) is 0 Å². The molecule has 0 spiro atoms. The van der Waals surface area contributed by atoms with Crippen molar-refractivity contribution in [1.82, 2.24) is 5.32 Å². The molecule has 0 aliphatic heterocycles. The Morgan fingerprint density at radius 2 is 1.88 bits per heavy atom. The molecule has 96 valence electrons. The summed E-state index contributed by atoms with van der Waals surface area (Å²) in [6, 6.07) is 0. The minimum Gasteiger partial charge on any atom is -0.481 e. The molecule has 0 aromatic rings. The molecule has 5 heteroatoms. The van der Waals surface area contributed by atoms with E-state index in [1.807, 2.05) is 0 Å². The highest BCUT2D eigenvalue weighted by Gasteiger charge is 2.48. The molecule has 2 aliphatic carbocycles. The van der Waals surface area contributed by atoms with Crippen LogP contribution in [0.3, 0.4) is 0 Å². The summed E-state index contributed by atoms with van der Waals surface area (Å²) >= 11 is 0. The lowest BCUT2D eigenvalue weighted by Crippen LogP contribution is -2.43. The molecule has 2 fully saturated rings. The van der Waals surface area contributed by atoms with Crippen LogP contribution in [0.5, 0.6) is 0 Å². The number of nitrogens with one attached hydrogen (secondary N) is 1. The number of hydrogen-bond acceptors (Lipinski definition) is 3. The van der Waals surface area contributed by atoms with Gasteiger partial charge in [0.2, 0.25) is 5.91 Å². The van der Waals surface area contributed by atoms with E-state index in [-0.39, 0.29) is 24.8 Å². The molecule has 5 nitrogen and oxygen atoms in total. The van der Waals surface area contributed by atoms with Gasteiger partial charge in [0, 0.05) is 12.5 Å². The van der Waals surface area contributed by atoms with Crippen LogP contribution in [0.15, 0.2) is 0 Å². The molecule has 0 bridgehead atoms. The van der Waals surface area contributed by atoms with E-state index in [1.54, 1.807) is 0 Å². The first kappa shape index (κ1) is 12.4. The van der Waals surface area contributed by atoms with E-state index < -0.39 is 11.6 Å². The molecule has 0 radical (unpaired) electrons. The Kier molecular flexibility index (Phi) is 3.12. The highest BCUT2D eigenvalue weighted by Crippen LogP contribution is 2.54. The SMILES string of the molecule is CC(O)(CNC(=O)C1CC2CC2C1)CC(=O)O. The fourth-order valence-corrected chi connectivity index (χ4v) is 2.74. The molecule has 0 heterocycles. The lowest BCUT2D eigenvalue weighted by Gasteiger charge is -2.22. The van der Waals surface area contributed by atoms with Crippen molar-refractivity contribution in [2.45, 2.75) is 38.2 Å². The van der Waals surface area contributed by atoms with Crippen molar-refractivity contribution in [2.75, 3.05) is 6.54 Å². The Balaban J connectivity index is 1.73. The maximum atomic E-state index is 11.8. The van der Waals surface area contributed by atoms with Crippen LogP contribution in [0.4, 0.5) is 0 Å². The standard InChI is InChI=1S/C12H19NO4/c1-12(17,5-10(14)15)6-13-11(16)9-3-7-2-8(7)4-9/h7-9,17H,2-6H2,1H3,(H,13,16)(H,14,15). The van der Waals surface area contributed by atoms with Crippen LogP contribution in [-0.2, 0) is 9.59 Å². The highest BCUT2D eigenvalue weighted by molar-refractivity contribution is 5.79. The van der Waals surface area contributed by atoms with Gasteiger partial charge in [-0.15, -0.1) is 0 Å². The average molecular weight is 241 g/mol. The molecule has 0 aromatic heterocycles. The van der Waals surface area contributed by atoms with E-state index in [9.17, 15) is 14.7 Å². The van der Waals surface area contributed by atoms with E-state index in [1.165, 1.54) is 13.3 Å². The first-order valence-electron chi connectivity index (χ1n) is 6.09. The topological polar surface area (TPSA) is 86.6 Å². The largest absolute Gasteiger partial charge is 0.481 e. The van der Waals surface area contributed by atoms with Gasteiger partial charge in [0.1, 0.15) is 0 Å². The summed E-state index contributed by atoms with van der Waals surface area (Å²) < 4.78 is 0. The lowest BCUT2D eigenvalue weighted by atomic mass is 10.00. The summed E-state index contributed by atoms with van der Waals surface area (Å²) in [7, 11) is 0. The average Bonchev–Trinajstić information content (AvgIpc) is 2.80. The van der Waals surface area contributed by atoms with Crippen molar-refractivity contribution < 1.29 is 19.8 Å². The number of carbonyl (C=O) groups excluding carboxylic acids is 1. The molecular weight excluding hydrogens is 222 g/mol. The summed E-state index contributed by atoms with van der Waals surface area (Å²) in [5.74, 6) is 0.448. The van der Waals surface area contributed by atoms with Gasteiger partial charge in [0.05, 0.1) is 12.0 Å². The minimum absolute atomic E-state index is 0.00394. The predicted molar refractivity (Wildman–Crippen MR) is 60.2 cm³/mol. The van der Waals surface area contributed by atoms with Crippen molar-refractivity contribution in [3.63, 3.8) is 0 Å². The van der Waals surface area contributed by atoms with Crippen LogP contribution in [-0.4, -0.2) is 34.2 Å². The monoisotopic (exact) mass is 241 g/mol. The first-order chi connectivity index (χ1) is 7.87. The fraction of sp³-hybridized carbons (Fsp3) is 0.833. The van der Waals surface area contributed by atoms with Crippen molar-refractivity contribution >= 4 is 11.9 Å². The summed E-state index contributed by atoms with van der Waals surface area (Å²) in [5.41, 5.74) is -1.37. The molecule has 17 heavy (non-hydrogen) atoms. The third-order valence-electron chi connectivity index (χ3n) is 3.79. The van der Waals surface area contributed by atoms with E-state index in [0.29, 0.717) is 0 Å². The van der Waals surface area contributed by atoms with Gasteiger partial charge < -0.3 is 15.5 Å². The molecule has 3 unspecified atom stereocenters. The predicted octanol–water partition coefficient (Wildman–Crippen LogP) is 0.374. The zero-order valence-electron chi connectivity index (χ0n) is 9.98. The summed E-state index contributed by atoms with van der Waals surface area (Å²) in [6.07, 6.45) is 2.82. The molecule has 3 N–H and O–H groups in total. The van der Waals surface area contributed by atoms with Crippen molar-refractivity contribution in [2.24, 2.45) is 17.8 Å². The highest BCUT2D eigenvalue weighted by atomic mass is 16.4. The van der Waals surface area contributed by atoms with Gasteiger partial charge >= 0.3 is 5.97 Å². The van der Waals surface area contributed by atoms with E-state index in [4.69, 9.17) is 5.11 Å². The van der Waals surface area contributed by atoms with E-state index in [0.717, 1.165) is 24.7 Å². The molecule has 0 aromatic carbocycles.